The molecule has 1 unspecified atom stereocenters. The van der Waals surface area contributed by atoms with Gasteiger partial charge >= 0.3 is 5.97 Å². The molecule has 0 aliphatic heterocycles. The van der Waals surface area contributed by atoms with Gasteiger partial charge in [0.1, 0.15) is 0 Å². The van der Waals surface area contributed by atoms with Crippen molar-refractivity contribution in [1.82, 2.24) is 0 Å². The van der Waals surface area contributed by atoms with E-state index in [0.29, 0.717) is 6.42 Å². The highest BCUT2D eigenvalue weighted by molar-refractivity contribution is 6.80. The molecule has 0 fully saturated rings. The molecule has 0 aromatic carbocycles. The number of terminal acetylenes is 1. The van der Waals surface area contributed by atoms with Gasteiger partial charge in [0.15, 0.2) is 0 Å². The molecule has 2 nitrogen and oxygen atoms in total. The summed E-state index contributed by atoms with van der Waals surface area (Å²) in [6.45, 7) is 6.05. The van der Waals surface area contributed by atoms with E-state index in [1.165, 1.54) is 0 Å². The summed E-state index contributed by atoms with van der Waals surface area (Å²) in [5, 5.41) is 8.78. The first-order valence-electron chi connectivity index (χ1n) is 3.56. The van der Waals surface area contributed by atoms with Crippen molar-refractivity contribution in [1.29, 1.82) is 0 Å². The van der Waals surface area contributed by atoms with Gasteiger partial charge in [-0.1, -0.05) is 19.6 Å². The molecule has 0 amide bonds. The molecule has 11 heavy (non-hydrogen) atoms. The minimum atomic E-state index is -1.61. The first-order chi connectivity index (χ1) is 4.89. The maximum Gasteiger partial charge on any atom is 0.304 e. The van der Waals surface area contributed by atoms with Crippen LogP contribution in [0.3, 0.4) is 0 Å². The lowest BCUT2D eigenvalue weighted by Gasteiger charge is -2.22. The van der Waals surface area contributed by atoms with Gasteiger partial charge in [0.25, 0.3) is 0 Å². The lowest BCUT2D eigenvalue weighted by molar-refractivity contribution is -0.136. The Morgan fingerprint density at radius 1 is 1.64 bits per heavy atom. The Morgan fingerprint density at radius 2 is 2.09 bits per heavy atom. The minimum absolute atomic E-state index is 0.299. The highest BCUT2D eigenvalue weighted by Gasteiger charge is 2.31. The van der Waals surface area contributed by atoms with Crippen molar-refractivity contribution >= 4 is 14.0 Å². The Kier molecular flexibility index (Phi) is 3.34. The van der Waals surface area contributed by atoms with E-state index < -0.39 is 14.0 Å². The van der Waals surface area contributed by atoms with Gasteiger partial charge in [-0.3, -0.25) is 4.79 Å². The van der Waals surface area contributed by atoms with Crippen LogP contribution in [-0.2, 0) is 4.79 Å². The Labute approximate surface area is 68.6 Å². The second-order valence-corrected chi connectivity index (χ2v) is 9.09. The lowest BCUT2D eigenvalue weighted by atomic mass is 10.3. The third kappa shape index (κ3) is 3.24. The number of hydrogen-bond donors (Lipinski definition) is 1. The summed E-state index contributed by atoms with van der Waals surface area (Å²) in [4.78, 5) is 10.7. The van der Waals surface area contributed by atoms with Gasteiger partial charge in [0.2, 0.25) is 0 Å². The molecule has 0 saturated carbocycles. The van der Waals surface area contributed by atoms with Crippen molar-refractivity contribution in [3.8, 4) is 12.3 Å². The van der Waals surface area contributed by atoms with E-state index in [0.717, 1.165) is 0 Å². The Morgan fingerprint density at radius 3 is 2.18 bits per heavy atom. The zero-order valence-electron chi connectivity index (χ0n) is 7.22. The van der Waals surface area contributed by atoms with Crippen molar-refractivity contribution in [2.24, 2.45) is 0 Å². The third-order valence-corrected chi connectivity index (χ3v) is 4.21. The summed E-state index contributed by atoms with van der Waals surface area (Å²) in [5.41, 5.74) is -0.299. The van der Waals surface area contributed by atoms with Crippen molar-refractivity contribution in [3.05, 3.63) is 0 Å². The molecule has 1 N–H and O–H groups in total. The van der Waals surface area contributed by atoms with E-state index in [-0.39, 0.29) is 5.54 Å². The maximum absolute atomic E-state index is 10.7. The molecule has 0 radical (unpaired) electrons. The van der Waals surface area contributed by atoms with Crippen LogP contribution >= 0.6 is 0 Å². The van der Waals surface area contributed by atoms with Crippen molar-refractivity contribution in [2.45, 2.75) is 31.6 Å². The molecule has 0 spiro atoms. The number of carboxylic acid groups (broad SMARTS) is 1. The topological polar surface area (TPSA) is 37.3 Å². The summed E-state index contributed by atoms with van der Waals surface area (Å²) in [5.74, 6) is 1.66. The molecule has 0 rings (SSSR count). The van der Waals surface area contributed by atoms with Gasteiger partial charge in [0, 0.05) is 6.42 Å². The van der Waals surface area contributed by atoms with E-state index in [1.54, 1.807) is 0 Å². The van der Waals surface area contributed by atoms with E-state index in [1.807, 2.05) is 19.6 Å². The fourth-order valence-electron chi connectivity index (χ4n) is 0.882. The average molecular weight is 170 g/mol. The van der Waals surface area contributed by atoms with Crippen LogP contribution in [-0.4, -0.2) is 19.1 Å². The highest BCUT2D eigenvalue weighted by Crippen LogP contribution is 2.24. The Hall–Kier alpha value is -0.753. The van der Waals surface area contributed by atoms with Gasteiger partial charge in [-0.25, -0.2) is 0 Å². The summed E-state index contributed by atoms with van der Waals surface area (Å²) in [7, 11) is -1.61. The molecule has 0 heterocycles. The van der Waals surface area contributed by atoms with Crippen molar-refractivity contribution < 1.29 is 9.90 Å². The van der Waals surface area contributed by atoms with Crippen molar-refractivity contribution in [3.63, 3.8) is 0 Å². The zero-order chi connectivity index (χ0) is 9.07. The number of aliphatic carboxylic acids is 1. The molecule has 0 aromatic rings. The standard InChI is InChI=1S/C8H14O2Si/c1-5-6-7(8(9)10)11(2,3)4/h1,7H,6H2,2-4H3,(H,9,10). The first-order valence-corrected chi connectivity index (χ1v) is 7.13. The van der Waals surface area contributed by atoms with E-state index >= 15 is 0 Å². The van der Waals surface area contributed by atoms with Crippen molar-refractivity contribution in [2.75, 3.05) is 0 Å². The second-order valence-electron chi connectivity index (χ2n) is 3.67. The SMILES string of the molecule is C#CCC(C(=O)O)[Si](C)(C)C. The monoisotopic (exact) mass is 170 g/mol. The predicted molar refractivity (Wildman–Crippen MR) is 48.2 cm³/mol. The van der Waals surface area contributed by atoms with Crippen LogP contribution < -0.4 is 0 Å². The highest BCUT2D eigenvalue weighted by atomic mass is 28.3. The normalized spacial score (nSPS) is 13.6. The van der Waals surface area contributed by atoms with Crippen LogP contribution in [0.1, 0.15) is 6.42 Å². The van der Waals surface area contributed by atoms with Gasteiger partial charge in [0.05, 0.1) is 13.6 Å². The van der Waals surface area contributed by atoms with Crippen LogP contribution in [0.15, 0.2) is 0 Å². The fraction of sp³-hybridized carbons (Fsp3) is 0.625. The summed E-state index contributed by atoms with van der Waals surface area (Å²) < 4.78 is 0. The fourth-order valence-corrected chi connectivity index (χ4v) is 2.35. The molecule has 1 atom stereocenters. The molecule has 0 saturated heterocycles. The molecular formula is C8H14O2Si. The Balaban J connectivity index is 4.38. The van der Waals surface area contributed by atoms with Crippen LogP contribution in [0.5, 0.6) is 0 Å². The largest absolute Gasteiger partial charge is 0.481 e. The number of carboxylic acids is 1. The van der Waals surface area contributed by atoms with Crippen LogP contribution in [0.2, 0.25) is 25.2 Å². The van der Waals surface area contributed by atoms with Gasteiger partial charge < -0.3 is 5.11 Å². The number of rotatable bonds is 3. The van der Waals surface area contributed by atoms with Crippen LogP contribution in [0.4, 0.5) is 0 Å². The maximum atomic E-state index is 10.7. The van der Waals surface area contributed by atoms with E-state index in [2.05, 4.69) is 5.92 Å². The van der Waals surface area contributed by atoms with E-state index in [4.69, 9.17) is 11.5 Å². The first kappa shape index (κ1) is 10.2. The van der Waals surface area contributed by atoms with Gasteiger partial charge in [-0.15, -0.1) is 12.3 Å². The van der Waals surface area contributed by atoms with Gasteiger partial charge in [-0.2, -0.15) is 0 Å². The molecule has 0 aliphatic carbocycles. The molecule has 62 valence electrons. The molecular weight excluding hydrogens is 156 g/mol. The van der Waals surface area contributed by atoms with Gasteiger partial charge in [-0.05, 0) is 0 Å². The zero-order valence-corrected chi connectivity index (χ0v) is 8.22. The van der Waals surface area contributed by atoms with Crippen LogP contribution in [0.25, 0.3) is 0 Å². The summed E-state index contributed by atoms with van der Waals surface area (Å²) >= 11 is 0. The summed E-state index contributed by atoms with van der Waals surface area (Å²) in [6.07, 6.45) is 5.44. The number of hydrogen-bond acceptors (Lipinski definition) is 1. The lowest BCUT2D eigenvalue weighted by Crippen LogP contribution is -2.33. The minimum Gasteiger partial charge on any atom is -0.481 e. The smallest absolute Gasteiger partial charge is 0.304 e. The second kappa shape index (κ2) is 3.58. The molecule has 0 bridgehead atoms. The third-order valence-electron chi connectivity index (χ3n) is 1.67. The quantitative estimate of drug-likeness (QED) is 0.518. The summed E-state index contributed by atoms with van der Waals surface area (Å²) in [6, 6.07) is 0. The molecule has 0 aromatic heterocycles. The molecule has 3 heteroatoms. The number of carbonyl (C=O) groups is 1. The van der Waals surface area contributed by atoms with Crippen LogP contribution in [0, 0.1) is 12.3 Å². The van der Waals surface area contributed by atoms with E-state index in [9.17, 15) is 4.79 Å². The average Bonchev–Trinajstić information content (AvgIpc) is 1.79. The predicted octanol–water partition coefficient (Wildman–Crippen LogP) is 1.80. The Bertz CT molecular complexity index is 185. The molecule has 0 aliphatic rings.